The van der Waals surface area contributed by atoms with E-state index in [9.17, 15) is 21.4 Å². The third-order valence-corrected chi connectivity index (χ3v) is 6.86. The van der Waals surface area contributed by atoms with Gasteiger partial charge in [0, 0.05) is 36.0 Å². The summed E-state index contributed by atoms with van der Waals surface area (Å²) in [6.45, 7) is 4.14. The summed E-state index contributed by atoms with van der Waals surface area (Å²) in [6.07, 6.45) is 3.79. The number of fused-ring (bicyclic) bond motifs is 1. The van der Waals surface area contributed by atoms with E-state index < -0.39 is 25.7 Å². The Kier molecular flexibility index (Phi) is 8.49. The Hall–Kier alpha value is -1.53. The molecule has 0 saturated heterocycles. The monoisotopic (exact) mass is 488 g/mol. The van der Waals surface area contributed by atoms with Crippen molar-refractivity contribution >= 4 is 37.3 Å². The molecule has 0 amide bonds. The van der Waals surface area contributed by atoms with Crippen LogP contribution in [0.15, 0.2) is 65.7 Å². The summed E-state index contributed by atoms with van der Waals surface area (Å²) >= 11 is 0. The van der Waals surface area contributed by atoms with Gasteiger partial charge in [-0.15, -0.1) is 0 Å². The molecule has 0 spiro atoms. The van der Waals surface area contributed by atoms with E-state index in [4.69, 9.17) is 4.55 Å². The third-order valence-electron chi connectivity index (χ3n) is 5.21. The van der Waals surface area contributed by atoms with E-state index >= 15 is 0 Å². The van der Waals surface area contributed by atoms with Crippen LogP contribution in [-0.2, 0) is 25.7 Å². The zero-order valence-electron chi connectivity index (χ0n) is 18.2. The first kappa shape index (κ1) is 26.7. The molecule has 0 aromatic heterocycles. The SMILES string of the molecule is CC1(C)C(C=CNc2ccccc2)=[N+](CCCS(=O)(=O)O)c2ccc(S(=O)(=O)O)cc21.[Na+]. The topological polar surface area (TPSA) is 124 Å². The Labute approximate surface area is 210 Å². The van der Waals surface area contributed by atoms with Gasteiger partial charge in [0.25, 0.3) is 20.2 Å². The first-order valence-corrected chi connectivity index (χ1v) is 12.6. The molecule has 8 nitrogen and oxygen atoms in total. The smallest absolute Gasteiger partial charge is 0.361 e. The van der Waals surface area contributed by atoms with Crippen LogP contribution >= 0.6 is 0 Å². The number of anilines is 1. The fraction of sp³-hybridized carbons (Fsp3) is 0.286. The first-order valence-electron chi connectivity index (χ1n) is 9.60. The molecule has 0 saturated carbocycles. The zero-order chi connectivity index (χ0) is 22.9. The van der Waals surface area contributed by atoms with E-state index in [1.807, 2.05) is 54.8 Å². The van der Waals surface area contributed by atoms with Crippen LogP contribution in [0.3, 0.4) is 0 Å². The summed E-state index contributed by atoms with van der Waals surface area (Å²) in [5.74, 6) is -0.387. The van der Waals surface area contributed by atoms with Gasteiger partial charge in [-0.2, -0.15) is 21.4 Å². The van der Waals surface area contributed by atoms with Gasteiger partial charge in [-0.25, -0.2) is 0 Å². The molecule has 1 aliphatic rings. The molecular weight excluding hydrogens is 463 g/mol. The summed E-state index contributed by atoms with van der Waals surface area (Å²) in [5, 5.41) is 3.17. The fourth-order valence-electron chi connectivity index (χ4n) is 3.71. The maximum atomic E-state index is 11.6. The minimum Gasteiger partial charge on any atom is -0.361 e. The van der Waals surface area contributed by atoms with Gasteiger partial charge in [-0.1, -0.05) is 18.2 Å². The summed E-state index contributed by atoms with van der Waals surface area (Å²) in [7, 11) is -8.47. The van der Waals surface area contributed by atoms with Crippen LogP contribution in [0.2, 0.25) is 0 Å². The molecule has 166 valence electrons. The summed E-state index contributed by atoms with van der Waals surface area (Å²) in [6, 6.07) is 13.9. The van der Waals surface area contributed by atoms with Gasteiger partial charge in [0.1, 0.15) is 6.54 Å². The maximum absolute atomic E-state index is 11.6. The maximum Gasteiger partial charge on any atom is 1.00 e. The molecule has 0 bridgehead atoms. The number of para-hydroxylation sites is 1. The molecule has 0 atom stereocenters. The number of rotatable bonds is 8. The Morgan fingerprint density at radius 3 is 2.28 bits per heavy atom. The van der Waals surface area contributed by atoms with Crippen LogP contribution in [-0.4, -0.2) is 48.5 Å². The van der Waals surface area contributed by atoms with Gasteiger partial charge in [-0.3, -0.25) is 9.11 Å². The molecular formula is C21H25N2NaO6S2+2. The number of benzene rings is 2. The van der Waals surface area contributed by atoms with Crippen molar-refractivity contribution < 1.29 is 60.1 Å². The minimum atomic E-state index is -4.37. The van der Waals surface area contributed by atoms with Gasteiger partial charge in [0.15, 0.2) is 5.71 Å². The van der Waals surface area contributed by atoms with E-state index in [0.717, 1.165) is 11.4 Å². The molecule has 0 fully saturated rings. The molecule has 3 N–H and O–H groups in total. The van der Waals surface area contributed by atoms with Crippen LogP contribution in [0.25, 0.3) is 0 Å². The van der Waals surface area contributed by atoms with Crippen molar-refractivity contribution in [2.75, 3.05) is 17.6 Å². The predicted octanol–water partition coefficient (Wildman–Crippen LogP) is 0.217. The van der Waals surface area contributed by atoms with Crippen LogP contribution in [0.1, 0.15) is 25.8 Å². The van der Waals surface area contributed by atoms with Crippen LogP contribution in [0.5, 0.6) is 0 Å². The predicted molar refractivity (Wildman–Crippen MR) is 119 cm³/mol. The van der Waals surface area contributed by atoms with E-state index in [0.29, 0.717) is 17.8 Å². The van der Waals surface area contributed by atoms with E-state index in [1.165, 1.54) is 12.1 Å². The second-order valence-corrected chi connectivity index (χ2v) is 10.8. The average molecular weight is 489 g/mol. The largest absolute Gasteiger partial charge is 1.00 e. The van der Waals surface area contributed by atoms with Crippen LogP contribution < -0.4 is 34.9 Å². The number of nitrogens with one attached hydrogen (secondary N) is 1. The molecule has 2 aromatic carbocycles. The minimum absolute atomic E-state index is 0. The Bertz CT molecular complexity index is 1250. The van der Waals surface area contributed by atoms with Gasteiger partial charge in [0.05, 0.1) is 16.1 Å². The molecule has 1 heterocycles. The number of nitrogens with zero attached hydrogens (tertiary/aromatic N) is 1. The number of allylic oxidation sites excluding steroid dienone is 1. The molecule has 0 unspecified atom stereocenters. The van der Waals surface area contributed by atoms with Crippen molar-refractivity contribution in [3.05, 3.63) is 66.4 Å². The van der Waals surface area contributed by atoms with E-state index in [1.54, 1.807) is 12.3 Å². The fourth-order valence-corrected chi connectivity index (χ4v) is 4.71. The van der Waals surface area contributed by atoms with Gasteiger partial charge in [-0.05, 0) is 38.1 Å². The van der Waals surface area contributed by atoms with Gasteiger partial charge in [0.2, 0.25) is 5.69 Å². The van der Waals surface area contributed by atoms with Crippen molar-refractivity contribution in [2.24, 2.45) is 0 Å². The van der Waals surface area contributed by atoms with Gasteiger partial charge >= 0.3 is 29.6 Å². The standard InChI is InChI=1S/C21H24N2O6S2.Na/c1-21(2)18-15-17(31(27,28)29)9-10-19(18)23(13-6-14-30(24,25)26)20(21)11-12-22-16-7-4-3-5-8-16;/h3-5,7-12,15H,6,13-14H2,1-2H3,(H2,24,25,26,27,28,29);/q;+1/p+1. The van der Waals surface area contributed by atoms with Crippen molar-refractivity contribution in [3.8, 4) is 0 Å². The quantitative estimate of drug-likeness (QED) is 0.276. The van der Waals surface area contributed by atoms with E-state index in [2.05, 4.69) is 5.32 Å². The normalized spacial score (nSPS) is 15.5. The van der Waals surface area contributed by atoms with Crippen molar-refractivity contribution in [2.45, 2.75) is 30.6 Å². The Morgan fingerprint density at radius 2 is 1.69 bits per heavy atom. The van der Waals surface area contributed by atoms with Crippen LogP contribution in [0.4, 0.5) is 11.4 Å². The second kappa shape index (κ2) is 10.2. The second-order valence-electron chi connectivity index (χ2n) is 7.80. The summed E-state index contributed by atoms with van der Waals surface area (Å²) < 4.78 is 66.0. The third kappa shape index (κ3) is 6.28. The molecule has 1 aliphatic heterocycles. The molecule has 0 aliphatic carbocycles. The van der Waals surface area contributed by atoms with Crippen molar-refractivity contribution in [1.82, 2.24) is 0 Å². The summed E-state index contributed by atoms with van der Waals surface area (Å²) in [5.41, 5.74) is 2.48. The van der Waals surface area contributed by atoms with Crippen molar-refractivity contribution in [1.29, 1.82) is 0 Å². The molecule has 0 radical (unpaired) electrons. The summed E-state index contributed by atoms with van der Waals surface area (Å²) in [4.78, 5) is -0.204. The van der Waals surface area contributed by atoms with Crippen molar-refractivity contribution in [3.63, 3.8) is 0 Å². The molecule has 11 heteroatoms. The molecule has 2 aromatic rings. The molecule has 3 rings (SSSR count). The first-order chi connectivity index (χ1) is 14.4. The number of hydrogen-bond acceptors (Lipinski definition) is 5. The molecule has 32 heavy (non-hydrogen) atoms. The van der Waals surface area contributed by atoms with Crippen LogP contribution in [0, 0.1) is 0 Å². The Morgan fingerprint density at radius 1 is 1.03 bits per heavy atom. The zero-order valence-corrected chi connectivity index (χ0v) is 21.8. The average Bonchev–Trinajstić information content (AvgIpc) is 2.88. The Balaban J connectivity index is 0.00000363. The van der Waals surface area contributed by atoms with E-state index in [-0.39, 0.29) is 46.6 Å². The van der Waals surface area contributed by atoms with Gasteiger partial charge < -0.3 is 5.32 Å². The number of hydrogen-bond donors (Lipinski definition) is 3.